The molecule has 0 saturated carbocycles. The Kier molecular flexibility index (Phi) is 5.41. The van der Waals surface area contributed by atoms with E-state index in [-0.39, 0.29) is 6.03 Å². The SMILES string of the molecule is CCCCN1CCN(C(=O)Nc2cccc(C)c2)CC1. The molecular weight excluding hydrogens is 250 g/mol. The first-order valence-electron chi connectivity index (χ1n) is 7.54. The molecule has 2 rings (SSSR count). The van der Waals surface area contributed by atoms with Crippen molar-refractivity contribution < 1.29 is 4.79 Å². The first-order chi connectivity index (χ1) is 9.69. The minimum atomic E-state index is 0.0192. The zero-order valence-electron chi connectivity index (χ0n) is 12.6. The van der Waals surface area contributed by atoms with E-state index in [1.807, 2.05) is 36.1 Å². The first kappa shape index (κ1) is 14.9. The van der Waals surface area contributed by atoms with Crippen LogP contribution in [0.3, 0.4) is 0 Å². The fourth-order valence-electron chi connectivity index (χ4n) is 2.48. The quantitative estimate of drug-likeness (QED) is 0.917. The number of piperazine rings is 1. The molecule has 1 N–H and O–H groups in total. The summed E-state index contributed by atoms with van der Waals surface area (Å²) in [6.07, 6.45) is 2.48. The molecule has 0 aliphatic carbocycles. The van der Waals surface area contributed by atoms with E-state index in [0.29, 0.717) is 0 Å². The number of nitrogens with one attached hydrogen (secondary N) is 1. The van der Waals surface area contributed by atoms with E-state index in [4.69, 9.17) is 0 Å². The van der Waals surface area contributed by atoms with E-state index in [1.165, 1.54) is 12.8 Å². The van der Waals surface area contributed by atoms with E-state index in [9.17, 15) is 4.79 Å². The lowest BCUT2D eigenvalue weighted by molar-refractivity contribution is 0.146. The molecule has 0 radical (unpaired) electrons. The van der Waals surface area contributed by atoms with Gasteiger partial charge in [0.25, 0.3) is 0 Å². The number of hydrogen-bond donors (Lipinski definition) is 1. The second-order valence-corrected chi connectivity index (χ2v) is 5.48. The van der Waals surface area contributed by atoms with Gasteiger partial charge in [0.1, 0.15) is 0 Å². The van der Waals surface area contributed by atoms with Crippen molar-refractivity contribution in [1.29, 1.82) is 0 Å². The van der Waals surface area contributed by atoms with Crippen LogP contribution in [0.5, 0.6) is 0 Å². The van der Waals surface area contributed by atoms with Crippen molar-refractivity contribution >= 4 is 11.7 Å². The van der Waals surface area contributed by atoms with Gasteiger partial charge >= 0.3 is 6.03 Å². The smallest absolute Gasteiger partial charge is 0.321 e. The van der Waals surface area contributed by atoms with E-state index in [0.717, 1.165) is 44.0 Å². The Morgan fingerprint density at radius 3 is 2.65 bits per heavy atom. The molecule has 1 heterocycles. The normalized spacial score (nSPS) is 16.2. The Morgan fingerprint density at radius 1 is 1.25 bits per heavy atom. The third-order valence-corrected chi connectivity index (χ3v) is 3.76. The number of nitrogens with zero attached hydrogens (tertiary/aromatic N) is 2. The van der Waals surface area contributed by atoms with E-state index < -0.39 is 0 Å². The van der Waals surface area contributed by atoms with Gasteiger partial charge < -0.3 is 10.2 Å². The fourth-order valence-corrected chi connectivity index (χ4v) is 2.48. The van der Waals surface area contributed by atoms with Crippen LogP contribution in [0.25, 0.3) is 0 Å². The molecule has 0 atom stereocenters. The Balaban J connectivity index is 1.80. The maximum Gasteiger partial charge on any atom is 0.321 e. The zero-order chi connectivity index (χ0) is 14.4. The van der Waals surface area contributed by atoms with Gasteiger partial charge in [-0.05, 0) is 37.6 Å². The second kappa shape index (κ2) is 7.29. The molecule has 0 unspecified atom stereocenters. The van der Waals surface area contributed by atoms with Crippen LogP contribution >= 0.6 is 0 Å². The highest BCUT2D eigenvalue weighted by Crippen LogP contribution is 2.11. The lowest BCUT2D eigenvalue weighted by Gasteiger charge is -2.34. The van der Waals surface area contributed by atoms with Crippen molar-refractivity contribution in [2.45, 2.75) is 26.7 Å². The molecule has 4 nitrogen and oxygen atoms in total. The topological polar surface area (TPSA) is 35.6 Å². The van der Waals surface area contributed by atoms with E-state index in [1.54, 1.807) is 0 Å². The average Bonchev–Trinajstić information content (AvgIpc) is 2.45. The summed E-state index contributed by atoms with van der Waals surface area (Å²) in [5.41, 5.74) is 2.04. The Bertz CT molecular complexity index is 439. The number of carbonyl (C=O) groups is 1. The molecule has 1 aromatic rings. The van der Waals surface area contributed by atoms with Crippen LogP contribution in [0.4, 0.5) is 10.5 Å². The monoisotopic (exact) mass is 275 g/mol. The first-order valence-corrected chi connectivity index (χ1v) is 7.54. The van der Waals surface area contributed by atoms with Crippen molar-refractivity contribution in [2.24, 2.45) is 0 Å². The molecular formula is C16H25N3O. The van der Waals surface area contributed by atoms with Crippen molar-refractivity contribution in [3.8, 4) is 0 Å². The minimum Gasteiger partial charge on any atom is -0.322 e. The summed E-state index contributed by atoms with van der Waals surface area (Å²) >= 11 is 0. The molecule has 0 spiro atoms. The van der Waals surface area contributed by atoms with Gasteiger partial charge in [-0.15, -0.1) is 0 Å². The number of benzene rings is 1. The molecule has 110 valence electrons. The number of urea groups is 1. The summed E-state index contributed by atoms with van der Waals surface area (Å²) in [5, 5.41) is 2.98. The fraction of sp³-hybridized carbons (Fsp3) is 0.562. The molecule has 1 aliphatic heterocycles. The number of carbonyl (C=O) groups excluding carboxylic acids is 1. The lowest BCUT2D eigenvalue weighted by Crippen LogP contribution is -2.50. The molecule has 20 heavy (non-hydrogen) atoms. The third-order valence-electron chi connectivity index (χ3n) is 3.76. The molecule has 1 saturated heterocycles. The van der Waals surface area contributed by atoms with Crippen molar-refractivity contribution in [3.05, 3.63) is 29.8 Å². The predicted octanol–water partition coefficient (Wildman–Crippen LogP) is 2.94. The number of amides is 2. The third kappa shape index (κ3) is 4.23. The molecule has 0 bridgehead atoms. The van der Waals surface area contributed by atoms with Crippen LogP contribution in [-0.2, 0) is 0 Å². The van der Waals surface area contributed by atoms with Crippen molar-refractivity contribution in [2.75, 3.05) is 38.0 Å². The highest BCUT2D eigenvalue weighted by atomic mass is 16.2. The molecule has 2 amide bonds. The summed E-state index contributed by atoms with van der Waals surface area (Å²) in [4.78, 5) is 16.5. The molecule has 1 aromatic carbocycles. The largest absolute Gasteiger partial charge is 0.322 e. The number of hydrogen-bond acceptors (Lipinski definition) is 2. The zero-order valence-corrected chi connectivity index (χ0v) is 12.6. The van der Waals surface area contributed by atoms with Crippen LogP contribution in [0, 0.1) is 6.92 Å². The van der Waals surface area contributed by atoms with E-state index >= 15 is 0 Å². The number of aryl methyl sites for hydroxylation is 1. The average molecular weight is 275 g/mol. The maximum atomic E-state index is 12.2. The molecule has 0 aromatic heterocycles. The number of rotatable bonds is 4. The predicted molar refractivity (Wildman–Crippen MR) is 83.1 cm³/mol. The summed E-state index contributed by atoms with van der Waals surface area (Å²) in [6.45, 7) is 9.02. The maximum absolute atomic E-state index is 12.2. The van der Waals surface area contributed by atoms with Crippen LogP contribution < -0.4 is 5.32 Å². The molecule has 4 heteroatoms. The van der Waals surface area contributed by atoms with Gasteiger partial charge in [-0.25, -0.2) is 4.79 Å². The van der Waals surface area contributed by atoms with Gasteiger partial charge in [0, 0.05) is 31.9 Å². The highest BCUT2D eigenvalue weighted by molar-refractivity contribution is 5.89. The van der Waals surface area contributed by atoms with Crippen LogP contribution in [0.2, 0.25) is 0 Å². The van der Waals surface area contributed by atoms with Crippen LogP contribution in [0.15, 0.2) is 24.3 Å². The standard InChI is InChI=1S/C16H25N3O/c1-3-4-8-18-9-11-19(12-10-18)16(20)17-15-7-5-6-14(2)13-15/h5-7,13H,3-4,8-12H2,1-2H3,(H,17,20). The lowest BCUT2D eigenvalue weighted by atomic mass is 10.2. The van der Waals surface area contributed by atoms with Gasteiger partial charge in [-0.2, -0.15) is 0 Å². The van der Waals surface area contributed by atoms with Crippen molar-refractivity contribution in [1.82, 2.24) is 9.80 Å². The van der Waals surface area contributed by atoms with Gasteiger partial charge in [0.15, 0.2) is 0 Å². The van der Waals surface area contributed by atoms with Crippen molar-refractivity contribution in [3.63, 3.8) is 0 Å². The van der Waals surface area contributed by atoms with Crippen LogP contribution in [-0.4, -0.2) is 48.6 Å². The van der Waals surface area contributed by atoms with Gasteiger partial charge in [-0.3, -0.25) is 4.90 Å². The summed E-state index contributed by atoms with van der Waals surface area (Å²) in [7, 11) is 0. The van der Waals surface area contributed by atoms with E-state index in [2.05, 4.69) is 17.1 Å². The summed E-state index contributed by atoms with van der Waals surface area (Å²) < 4.78 is 0. The Hall–Kier alpha value is -1.55. The van der Waals surface area contributed by atoms with Gasteiger partial charge in [-0.1, -0.05) is 25.5 Å². The highest BCUT2D eigenvalue weighted by Gasteiger charge is 2.20. The second-order valence-electron chi connectivity index (χ2n) is 5.48. The molecule has 1 fully saturated rings. The van der Waals surface area contributed by atoms with Gasteiger partial charge in [0.05, 0.1) is 0 Å². The number of anilines is 1. The number of unbranched alkanes of at least 4 members (excludes halogenated alkanes) is 1. The summed E-state index contributed by atoms with van der Waals surface area (Å²) in [5.74, 6) is 0. The van der Waals surface area contributed by atoms with Crippen LogP contribution in [0.1, 0.15) is 25.3 Å². The summed E-state index contributed by atoms with van der Waals surface area (Å²) in [6, 6.07) is 7.94. The Labute approximate surface area is 121 Å². The Morgan fingerprint density at radius 2 is 2.00 bits per heavy atom. The van der Waals surface area contributed by atoms with Gasteiger partial charge in [0.2, 0.25) is 0 Å². The minimum absolute atomic E-state index is 0.0192. The molecule has 1 aliphatic rings.